The van der Waals surface area contributed by atoms with Gasteiger partial charge in [-0.15, -0.1) is 0 Å². The Hall–Kier alpha value is -3.62. The fourth-order valence-corrected chi connectivity index (χ4v) is 6.85. The van der Waals surface area contributed by atoms with Crippen LogP contribution in [0.4, 0.5) is 0 Å². The van der Waals surface area contributed by atoms with Crippen LogP contribution < -0.4 is 33.8 Å². The third kappa shape index (κ3) is 7.34. The minimum absolute atomic E-state index is 0.226. The van der Waals surface area contributed by atoms with E-state index in [4.69, 9.17) is 23.7 Å². The summed E-state index contributed by atoms with van der Waals surface area (Å²) in [7, 11) is 1.30. The van der Waals surface area contributed by atoms with Gasteiger partial charge in [-0.3, -0.25) is 9.36 Å². The Labute approximate surface area is 292 Å². The molecule has 1 atom stereocenters. The Kier molecular flexibility index (Phi) is 11.2. The normalized spacial score (nSPS) is 14.2. The van der Waals surface area contributed by atoms with E-state index in [1.807, 2.05) is 63.2 Å². The van der Waals surface area contributed by atoms with Gasteiger partial charge in [0.25, 0.3) is 5.56 Å². The van der Waals surface area contributed by atoms with Gasteiger partial charge in [0.05, 0.1) is 47.6 Å². The van der Waals surface area contributed by atoms with Gasteiger partial charge in [-0.2, -0.15) is 0 Å². The van der Waals surface area contributed by atoms with Gasteiger partial charge in [-0.1, -0.05) is 29.5 Å². The van der Waals surface area contributed by atoms with Crippen LogP contribution in [0.5, 0.6) is 23.0 Å². The third-order valence-electron chi connectivity index (χ3n) is 6.93. The number of nitrogens with zero attached hydrogens (tertiary/aromatic N) is 2. The minimum atomic E-state index is -0.788. The highest BCUT2D eigenvalue weighted by Gasteiger charge is 2.31. The van der Waals surface area contributed by atoms with Gasteiger partial charge in [0.15, 0.2) is 27.8 Å². The lowest BCUT2D eigenvalue weighted by molar-refractivity contribution is -0.136. The summed E-state index contributed by atoms with van der Waals surface area (Å²) in [6.07, 6.45) is 3.24. The molecule has 0 saturated heterocycles. The number of thiazole rings is 1. The van der Waals surface area contributed by atoms with Crippen LogP contribution in [0.3, 0.4) is 0 Å². The number of carbonyl (C=O) groups excluding carboxylic acids is 1. The molecule has 46 heavy (non-hydrogen) atoms. The molecule has 0 saturated carbocycles. The summed E-state index contributed by atoms with van der Waals surface area (Å²) >= 11 is 7.14. The van der Waals surface area contributed by atoms with Crippen molar-refractivity contribution in [2.45, 2.75) is 33.4 Å². The molecule has 1 aliphatic rings. The summed E-state index contributed by atoms with van der Waals surface area (Å²) in [6, 6.07) is 16.4. The molecule has 1 aliphatic heterocycles. The van der Waals surface area contributed by atoms with Crippen molar-refractivity contribution < 1.29 is 28.5 Å². The van der Waals surface area contributed by atoms with Crippen LogP contribution in [0.15, 0.2) is 80.6 Å². The number of aromatic nitrogens is 1. The lowest BCUT2D eigenvalue weighted by Gasteiger charge is -2.23. The molecule has 1 aromatic heterocycles. The molecule has 0 amide bonds. The van der Waals surface area contributed by atoms with Crippen molar-refractivity contribution in [3.05, 3.63) is 111 Å². The number of esters is 1. The van der Waals surface area contributed by atoms with Crippen molar-refractivity contribution in [2.24, 2.45) is 4.99 Å². The van der Waals surface area contributed by atoms with Crippen molar-refractivity contribution in [3.63, 3.8) is 0 Å². The Bertz CT molecular complexity index is 1950. The van der Waals surface area contributed by atoms with Crippen LogP contribution in [0, 0.1) is 3.57 Å². The number of fused-ring (bicyclic) bond motifs is 1. The first-order chi connectivity index (χ1) is 22.3. The van der Waals surface area contributed by atoms with E-state index < -0.39 is 12.0 Å². The first kappa shape index (κ1) is 33.7. The Balaban J connectivity index is 1.57. The van der Waals surface area contributed by atoms with E-state index in [0.29, 0.717) is 68.8 Å². The molecule has 0 N–H and O–H groups in total. The number of hydrogen-bond acceptors (Lipinski definition) is 9. The molecule has 0 fully saturated rings. The summed E-state index contributed by atoms with van der Waals surface area (Å²) in [5, 5.41) is 0. The quantitative estimate of drug-likeness (QED) is 0.125. The summed E-state index contributed by atoms with van der Waals surface area (Å²) in [4.78, 5) is 31.9. The number of carbonyl (C=O) groups is 1. The smallest absolute Gasteiger partial charge is 0.337 e. The van der Waals surface area contributed by atoms with Gasteiger partial charge < -0.3 is 23.7 Å². The van der Waals surface area contributed by atoms with E-state index in [2.05, 4.69) is 43.5 Å². The predicted molar refractivity (Wildman–Crippen MR) is 189 cm³/mol. The average molecular weight is 820 g/mol. The zero-order valence-electron chi connectivity index (χ0n) is 25.7. The number of ether oxygens (including phenoxy) is 5. The van der Waals surface area contributed by atoms with Crippen molar-refractivity contribution in [3.8, 4) is 23.0 Å². The monoisotopic (exact) mass is 818 g/mol. The Morgan fingerprint density at radius 3 is 2.35 bits per heavy atom. The van der Waals surface area contributed by atoms with E-state index in [9.17, 15) is 9.59 Å². The van der Waals surface area contributed by atoms with Gasteiger partial charge in [0.1, 0.15) is 6.61 Å². The largest absolute Gasteiger partial charge is 0.490 e. The molecule has 0 aliphatic carbocycles. The maximum atomic E-state index is 14.1. The molecular formula is C34H32BrIN2O7S. The van der Waals surface area contributed by atoms with Gasteiger partial charge in [-0.05, 0) is 118 Å². The van der Waals surface area contributed by atoms with E-state index in [1.165, 1.54) is 29.2 Å². The Morgan fingerprint density at radius 2 is 1.65 bits per heavy atom. The Morgan fingerprint density at radius 1 is 0.957 bits per heavy atom. The minimum Gasteiger partial charge on any atom is -0.490 e. The molecule has 9 nitrogen and oxygen atoms in total. The summed E-state index contributed by atoms with van der Waals surface area (Å²) in [5.74, 6) is 1.63. The first-order valence-corrected chi connectivity index (χ1v) is 17.3. The molecule has 5 rings (SSSR count). The van der Waals surface area contributed by atoms with Crippen LogP contribution in [-0.4, -0.2) is 37.5 Å². The average Bonchev–Trinajstić information content (AvgIpc) is 3.36. The molecular weight excluding hydrogens is 787 g/mol. The van der Waals surface area contributed by atoms with Crippen LogP contribution in [-0.2, 0) is 16.1 Å². The predicted octanol–water partition coefficient (Wildman–Crippen LogP) is 6.16. The maximum absolute atomic E-state index is 14.1. The summed E-state index contributed by atoms with van der Waals surface area (Å²) in [6.45, 7) is 7.35. The number of halogens is 2. The van der Waals surface area contributed by atoms with Crippen LogP contribution >= 0.6 is 49.9 Å². The van der Waals surface area contributed by atoms with E-state index in [1.54, 1.807) is 18.2 Å². The molecule has 3 aromatic carbocycles. The highest BCUT2D eigenvalue weighted by molar-refractivity contribution is 14.1. The first-order valence-electron chi connectivity index (χ1n) is 14.6. The fourth-order valence-electron chi connectivity index (χ4n) is 4.95. The summed E-state index contributed by atoms with van der Waals surface area (Å²) in [5.41, 5.74) is 2.34. The second-order valence-corrected chi connectivity index (χ2v) is 13.0. The molecule has 2 heterocycles. The SMILES string of the molecule is CCOc1ccc([C@@H]2C(C(=O)OC)=CN=c3s/c(=C\c4cc(Br)c(OCc5ccc(I)cc5)c(OCC)c4)c(=O)n32)cc1OCC. The van der Waals surface area contributed by atoms with Gasteiger partial charge in [-0.25, -0.2) is 9.79 Å². The van der Waals surface area contributed by atoms with Crippen molar-refractivity contribution in [2.75, 3.05) is 26.9 Å². The van der Waals surface area contributed by atoms with Gasteiger partial charge in [0, 0.05) is 9.77 Å². The number of benzene rings is 3. The van der Waals surface area contributed by atoms with Crippen molar-refractivity contribution in [1.82, 2.24) is 4.57 Å². The highest BCUT2D eigenvalue weighted by Crippen LogP contribution is 2.38. The summed E-state index contributed by atoms with van der Waals surface area (Å²) < 4.78 is 32.5. The second-order valence-electron chi connectivity index (χ2n) is 9.93. The van der Waals surface area contributed by atoms with Crippen LogP contribution in [0.25, 0.3) is 6.08 Å². The molecule has 0 bridgehead atoms. The second kappa shape index (κ2) is 15.3. The number of methoxy groups -OCH3 is 1. The zero-order valence-corrected chi connectivity index (χ0v) is 30.2. The molecule has 4 aromatic rings. The number of rotatable bonds is 12. The fraction of sp³-hybridized carbons (Fsp3) is 0.265. The van der Waals surface area contributed by atoms with Gasteiger partial charge in [0.2, 0.25) is 0 Å². The topological polar surface area (TPSA) is 97.6 Å². The van der Waals surface area contributed by atoms with E-state index in [0.717, 1.165) is 14.7 Å². The lowest BCUT2D eigenvalue weighted by atomic mass is 9.97. The number of hydrogen-bond donors (Lipinski definition) is 0. The standard InChI is InChI=1S/C34H32BrIN2O7S/c1-5-42-26-13-10-22(17-27(26)43-6-2)30-24(33(40)41-4)18-37-34-38(30)32(39)29(46-34)16-21-14-25(35)31(28(15-21)44-7-3)45-19-20-8-11-23(36)12-9-20/h8-18,30H,5-7,19H2,1-4H3/b29-16-/t30-/m1/s1. The zero-order chi connectivity index (χ0) is 32.8. The maximum Gasteiger partial charge on any atom is 0.337 e. The van der Waals surface area contributed by atoms with Crippen LogP contribution in [0.2, 0.25) is 0 Å². The van der Waals surface area contributed by atoms with Crippen molar-refractivity contribution in [1.29, 1.82) is 0 Å². The molecule has 240 valence electrons. The third-order valence-corrected chi connectivity index (χ3v) is 9.24. The molecule has 0 spiro atoms. The molecule has 0 unspecified atom stereocenters. The molecule has 0 radical (unpaired) electrons. The van der Waals surface area contributed by atoms with E-state index >= 15 is 0 Å². The van der Waals surface area contributed by atoms with Crippen molar-refractivity contribution >= 4 is 61.9 Å². The molecule has 12 heteroatoms. The van der Waals surface area contributed by atoms with Crippen LogP contribution in [0.1, 0.15) is 43.5 Å². The van der Waals surface area contributed by atoms with Gasteiger partial charge >= 0.3 is 5.97 Å². The lowest BCUT2D eigenvalue weighted by Crippen LogP contribution is -2.39. The van der Waals surface area contributed by atoms with E-state index in [-0.39, 0.29) is 11.1 Å². The highest BCUT2D eigenvalue weighted by atomic mass is 127.